The Labute approximate surface area is 135 Å². The van der Waals surface area contributed by atoms with Crippen molar-refractivity contribution in [2.24, 2.45) is 0 Å². The van der Waals surface area contributed by atoms with Crippen LogP contribution in [0.2, 0.25) is 0 Å². The first-order valence-corrected chi connectivity index (χ1v) is 9.13. The molecule has 114 valence electrons. The van der Waals surface area contributed by atoms with Gasteiger partial charge in [0.1, 0.15) is 0 Å². The summed E-state index contributed by atoms with van der Waals surface area (Å²) in [6.45, 7) is 11.7. The van der Waals surface area contributed by atoms with Crippen molar-refractivity contribution < 1.29 is 0 Å². The molecule has 0 unspecified atom stereocenters. The van der Waals surface area contributed by atoms with Crippen LogP contribution in [0.1, 0.15) is 41.8 Å². The summed E-state index contributed by atoms with van der Waals surface area (Å²) in [4.78, 5) is 10.1. The number of aryl methyl sites for hydroxylation is 1. The average Bonchev–Trinajstić information content (AvgIpc) is 3.01. The van der Waals surface area contributed by atoms with Crippen LogP contribution in [0.15, 0.2) is 11.4 Å². The minimum absolute atomic E-state index is 0.146. The number of thiazole rings is 1. The first-order valence-electron chi connectivity index (χ1n) is 7.44. The highest BCUT2D eigenvalue weighted by Crippen LogP contribution is 2.32. The summed E-state index contributed by atoms with van der Waals surface area (Å²) in [5.41, 5.74) is 2.80. The summed E-state index contributed by atoms with van der Waals surface area (Å²) < 4.78 is 0. The van der Waals surface area contributed by atoms with Gasteiger partial charge in [0, 0.05) is 34.9 Å². The molecule has 2 aromatic heterocycles. The number of fused-ring (bicyclic) bond motifs is 1. The van der Waals surface area contributed by atoms with Gasteiger partial charge in [-0.05, 0) is 51.1 Å². The third-order valence-corrected chi connectivity index (χ3v) is 5.98. The van der Waals surface area contributed by atoms with Gasteiger partial charge in [0.25, 0.3) is 0 Å². The van der Waals surface area contributed by atoms with E-state index in [0.717, 1.165) is 26.1 Å². The van der Waals surface area contributed by atoms with E-state index in [0.29, 0.717) is 0 Å². The average molecular weight is 322 g/mol. The molecule has 3 heterocycles. The van der Waals surface area contributed by atoms with E-state index in [1.54, 1.807) is 4.88 Å². The minimum Gasteiger partial charge on any atom is -0.343 e. The highest BCUT2D eigenvalue weighted by atomic mass is 32.1. The smallest absolute Gasteiger partial charge is 0.186 e. The number of nitrogens with one attached hydrogen (secondary N) is 1. The fourth-order valence-corrected chi connectivity index (χ4v) is 4.38. The molecular formula is C16H23N3S2. The fourth-order valence-electron chi connectivity index (χ4n) is 2.47. The monoisotopic (exact) mass is 321 g/mol. The van der Waals surface area contributed by atoms with Gasteiger partial charge in [-0.15, -0.1) is 22.7 Å². The van der Waals surface area contributed by atoms with E-state index in [1.165, 1.54) is 21.3 Å². The Morgan fingerprint density at radius 3 is 2.95 bits per heavy atom. The second-order valence-corrected chi connectivity index (χ2v) is 8.71. The molecular weight excluding hydrogens is 298 g/mol. The fraction of sp³-hybridized carbons (Fsp3) is 0.562. The number of thiophene rings is 1. The van der Waals surface area contributed by atoms with Gasteiger partial charge >= 0.3 is 0 Å². The number of hydrogen-bond donors (Lipinski definition) is 1. The van der Waals surface area contributed by atoms with Crippen LogP contribution in [0.4, 0.5) is 5.13 Å². The molecule has 0 spiro atoms. The van der Waals surface area contributed by atoms with Gasteiger partial charge in [-0.1, -0.05) is 0 Å². The molecule has 3 nitrogen and oxygen atoms in total. The quantitative estimate of drug-likeness (QED) is 0.927. The standard InChI is InChI=1S/C16H23N3S2/c1-11-14(9-17-16(2,3)4)21-15(18-11)19-7-5-13-12(10-19)6-8-20-13/h6,8,17H,5,7,9-10H2,1-4H3. The molecule has 0 bridgehead atoms. The van der Waals surface area contributed by atoms with Gasteiger partial charge in [-0.25, -0.2) is 4.98 Å². The molecule has 5 heteroatoms. The normalized spacial score (nSPS) is 15.3. The zero-order valence-corrected chi connectivity index (χ0v) is 14.8. The summed E-state index contributed by atoms with van der Waals surface area (Å²) >= 11 is 3.73. The molecule has 1 N–H and O–H groups in total. The molecule has 3 rings (SSSR count). The molecule has 0 saturated heterocycles. The first kappa shape index (κ1) is 15.0. The van der Waals surface area contributed by atoms with Crippen LogP contribution in [0, 0.1) is 6.92 Å². The van der Waals surface area contributed by atoms with Gasteiger partial charge < -0.3 is 10.2 Å². The lowest BCUT2D eigenvalue weighted by molar-refractivity contribution is 0.425. The van der Waals surface area contributed by atoms with E-state index in [9.17, 15) is 0 Å². The highest BCUT2D eigenvalue weighted by Gasteiger charge is 2.21. The Hall–Kier alpha value is -0.910. The molecule has 0 radical (unpaired) electrons. The maximum atomic E-state index is 4.80. The lowest BCUT2D eigenvalue weighted by Crippen LogP contribution is -2.34. The van der Waals surface area contributed by atoms with Crippen molar-refractivity contribution in [1.29, 1.82) is 0 Å². The zero-order valence-electron chi connectivity index (χ0n) is 13.2. The highest BCUT2D eigenvalue weighted by molar-refractivity contribution is 7.15. The number of hydrogen-bond acceptors (Lipinski definition) is 5. The van der Waals surface area contributed by atoms with Crippen LogP contribution in [-0.2, 0) is 19.5 Å². The van der Waals surface area contributed by atoms with E-state index < -0.39 is 0 Å². The molecule has 2 aromatic rings. The van der Waals surface area contributed by atoms with Crippen molar-refractivity contribution >= 4 is 27.8 Å². The minimum atomic E-state index is 0.146. The van der Waals surface area contributed by atoms with Gasteiger partial charge in [-0.2, -0.15) is 0 Å². The third kappa shape index (κ3) is 3.47. The molecule has 21 heavy (non-hydrogen) atoms. The van der Waals surface area contributed by atoms with Gasteiger partial charge in [-0.3, -0.25) is 0 Å². The summed E-state index contributed by atoms with van der Waals surface area (Å²) in [5.74, 6) is 0. The van der Waals surface area contributed by atoms with Crippen molar-refractivity contribution in [3.8, 4) is 0 Å². The van der Waals surface area contributed by atoms with Crippen LogP contribution in [0.25, 0.3) is 0 Å². The second kappa shape index (κ2) is 5.71. The molecule has 0 fully saturated rings. The van der Waals surface area contributed by atoms with Gasteiger partial charge in [0.2, 0.25) is 0 Å². The Morgan fingerprint density at radius 2 is 2.19 bits per heavy atom. The maximum absolute atomic E-state index is 4.80. The number of anilines is 1. The van der Waals surface area contributed by atoms with Crippen LogP contribution < -0.4 is 10.2 Å². The molecule has 0 amide bonds. The molecule has 1 aliphatic rings. The Kier molecular flexibility index (Phi) is 4.08. The van der Waals surface area contributed by atoms with Crippen LogP contribution in [-0.4, -0.2) is 17.1 Å². The van der Waals surface area contributed by atoms with E-state index >= 15 is 0 Å². The maximum Gasteiger partial charge on any atom is 0.186 e. The van der Waals surface area contributed by atoms with E-state index in [2.05, 4.69) is 49.4 Å². The van der Waals surface area contributed by atoms with Gasteiger partial charge in [0.05, 0.1) is 5.69 Å². The van der Waals surface area contributed by atoms with Crippen molar-refractivity contribution in [3.05, 3.63) is 32.5 Å². The predicted molar refractivity (Wildman–Crippen MR) is 92.5 cm³/mol. The summed E-state index contributed by atoms with van der Waals surface area (Å²) in [5, 5.41) is 6.94. The van der Waals surface area contributed by atoms with Crippen molar-refractivity contribution in [2.45, 2.75) is 52.7 Å². The Bertz CT molecular complexity index is 622. The van der Waals surface area contributed by atoms with E-state index in [1.807, 2.05) is 22.7 Å². The van der Waals surface area contributed by atoms with Crippen molar-refractivity contribution in [3.63, 3.8) is 0 Å². The third-order valence-electron chi connectivity index (χ3n) is 3.74. The summed E-state index contributed by atoms with van der Waals surface area (Å²) in [7, 11) is 0. The summed E-state index contributed by atoms with van der Waals surface area (Å²) in [6.07, 6.45) is 1.15. The second-order valence-electron chi connectivity index (χ2n) is 6.65. The lowest BCUT2D eigenvalue weighted by atomic mass is 10.1. The Balaban J connectivity index is 1.72. The Morgan fingerprint density at radius 1 is 1.38 bits per heavy atom. The molecule has 0 aromatic carbocycles. The first-order chi connectivity index (χ1) is 9.92. The van der Waals surface area contributed by atoms with Crippen molar-refractivity contribution in [1.82, 2.24) is 10.3 Å². The number of rotatable bonds is 3. The van der Waals surface area contributed by atoms with Crippen LogP contribution in [0.3, 0.4) is 0 Å². The topological polar surface area (TPSA) is 28.2 Å². The number of nitrogens with zero attached hydrogens (tertiary/aromatic N) is 2. The van der Waals surface area contributed by atoms with Crippen LogP contribution in [0.5, 0.6) is 0 Å². The predicted octanol–water partition coefficient (Wildman–Crippen LogP) is 3.96. The largest absolute Gasteiger partial charge is 0.343 e. The van der Waals surface area contributed by atoms with Crippen molar-refractivity contribution in [2.75, 3.05) is 11.4 Å². The SMILES string of the molecule is Cc1nc(N2CCc3sccc3C2)sc1CNC(C)(C)C. The molecule has 1 aliphatic heterocycles. The zero-order chi connectivity index (χ0) is 15.0. The van der Waals surface area contributed by atoms with Crippen LogP contribution >= 0.6 is 22.7 Å². The molecule has 0 atom stereocenters. The molecule has 0 saturated carbocycles. The summed E-state index contributed by atoms with van der Waals surface area (Å²) in [6, 6.07) is 2.26. The van der Waals surface area contributed by atoms with E-state index in [4.69, 9.17) is 4.98 Å². The lowest BCUT2D eigenvalue weighted by Gasteiger charge is -2.26. The number of aromatic nitrogens is 1. The molecule has 0 aliphatic carbocycles. The van der Waals surface area contributed by atoms with Gasteiger partial charge in [0.15, 0.2) is 5.13 Å². The van der Waals surface area contributed by atoms with E-state index in [-0.39, 0.29) is 5.54 Å².